The molecule has 1 aromatic rings. The van der Waals surface area contributed by atoms with Gasteiger partial charge in [-0.3, -0.25) is 0 Å². The first kappa shape index (κ1) is 20.6. The van der Waals surface area contributed by atoms with Crippen LogP contribution in [0.1, 0.15) is 38.8 Å². The van der Waals surface area contributed by atoms with E-state index >= 15 is 0 Å². The van der Waals surface area contributed by atoms with Crippen molar-refractivity contribution in [1.82, 2.24) is 5.32 Å². The van der Waals surface area contributed by atoms with Gasteiger partial charge in [-0.2, -0.15) is 24.9 Å². The molecule has 0 radical (unpaired) electrons. The zero-order valence-electron chi connectivity index (χ0n) is 13.5. The maximum atomic E-state index is 12.8. The normalized spacial score (nSPS) is 15.5. The van der Waals surface area contributed by atoms with Gasteiger partial charge < -0.3 is 10.4 Å². The summed E-state index contributed by atoms with van der Waals surface area (Å²) in [7, 11) is 0. The maximum absolute atomic E-state index is 12.8. The van der Waals surface area contributed by atoms with Crippen molar-refractivity contribution in [3.63, 3.8) is 0 Å². The van der Waals surface area contributed by atoms with Crippen LogP contribution in [0.25, 0.3) is 0 Å². The molecule has 2 atom stereocenters. The summed E-state index contributed by atoms with van der Waals surface area (Å²) in [6, 6.07) is 5.40. The molecule has 0 saturated heterocycles. The molecule has 23 heavy (non-hydrogen) atoms. The predicted molar refractivity (Wildman–Crippen MR) is 91.1 cm³/mol. The summed E-state index contributed by atoms with van der Waals surface area (Å²) >= 11 is 7.28. The highest BCUT2D eigenvalue weighted by molar-refractivity contribution is 8.00. The number of hydrogen-bond acceptors (Lipinski definition) is 3. The Labute approximate surface area is 144 Å². The first-order valence-corrected chi connectivity index (χ1v) is 8.69. The highest BCUT2D eigenvalue weighted by Gasteiger charge is 2.33. The average Bonchev–Trinajstić information content (AvgIpc) is 2.40. The molecule has 0 aliphatic heterocycles. The molecule has 7 heteroatoms. The lowest BCUT2D eigenvalue weighted by Crippen LogP contribution is -2.40. The molecule has 132 valence electrons. The summed E-state index contributed by atoms with van der Waals surface area (Å²) < 4.78 is 38.3. The minimum atomic E-state index is -4.25. The number of aliphatic hydroxyl groups excluding tert-OH is 1. The third-order valence-electron chi connectivity index (χ3n) is 3.09. The monoisotopic (exact) mass is 369 g/mol. The topological polar surface area (TPSA) is 32.3 Å². The fourth-order valence-electron chi connectivity index (χ4n) is 2.03. The summed E-state index contributed by atoms with van der Waals surface area (Å²) in [4.78, 5) is 0. The Balaban J connectivity index is 2.81. The lowest BCUT2D eigenvalue weighted by molar-refractivity contribution is -0.139. The number of halogens is 4. The van der Waals surface area contributed by atoms with Gasteiger partial charge in [0.25, 0.3) is 0 Å². The molecule has 2 unspecified atom stereocenters. The number of nitrogens with one attached hydrogen (secondary N) is 1. The van der Waals surface area contributed by atoms with Gasteiger partial charge in [0.1, 0.15) is 0 Å². The van der Waals surface area contributed by atoms with Crippen LogP contribution < -0.4 is 5.32 Å². The second kappa shape index (κ2) is 8.60. The molecule has 1 rings (SSSR count). The molecule has 0 bridgehead atoms. The quantitative estimate of drug-likeness (QED) is 0.723. The highest BCUT2D eigenvalue weighted by Crippen LogP contribution is 2.29. The Morgan fingerprint density at radius 2 is 1.74 bits per heavy atom. The van der Waals surface area contributed by atoms with Crippen molar-refractivity contribution in [2.45, 2.75) is 50.2 Å². The SMILES string of the molecule is CC(C)(C)SCC(CC(F)(F)F)NC(CO)c1ccc(Cl)cc1. The predicted octanol–water partition coefficient (Wildman–Crippen LogP) is 4.82. The van der Waals surface area contributed by atoms with Crippen LogP contribution in [-0.4, -0.2) is 34.4 Å². The Morgan fingerprint density at radius 3 is 2.17 bits per heavy atom. The molecule has 0 heterocycles. The smallest absolute Gasteiger partial charge is 0.390 e. The average molecular weight is 370 g/mol. The minimum absolute atomic E-state index is 0.124. The Hall–Kier alpha value is -0.430. The molecule has 2 N–H and O–H groups in total. The summed E-state index contributed by atoms with van der Waals surface area (Å²) in [5.41, 5.74) is 0.713. The summed E-state index contributed by atoms with van der Waals surface area (Å²) in [5, 5.41) is 13.0. The Bertz CT molecular complexity index is 474. The van der Waals surface area contributed by atoms with Gasteiger partial charge in [0.2, 0.25) is 0 Å². The van der Waals surface area contributed by atoms with Crippen molar-refractivity contribution < 1.29 is 18.3 Å². The molecule has 0 saturated carbocycles. The van der Waals surface area contributed by atoms with E-state index in [1.54, 1.807) is 24.3 Å². The van der Waals surface area contributed by atoms with Crippen LogP contribution in [0.2, 0.25) is 5.02 Å². The third-order valence-corrected chi connectivity index (χ3v) is 4.77. The first-order valence-electron chi connectivity index (χ1n) is 7.33. The van der Waals surface area contributed by atoms with E-state index in [1.807, 2.05) is 20.8 Å². The molecule has 0 aromatic heterocycles. The minimum Gasteiger partial charge on any atom is -0.394 e. The van der Waals surface area contributed by atoms with Gasteiger partial charge in [-0.1, -0.05) is 44.5 Å². The number of benzene rings is 1. The third kappa shape index (κ3) is 8.84. The maximum Gasteiger partial charge on any atom is 0.390 e. The molecular formula is C16H23ClF3NOS. The van der Waals surface area contributed by atoms with Crippen molar-refractivity contribution in [2.75, 3.05) is 12.4 Å². The van der Waals surface area contributed by atoms with Crippen LogP contribution in [-0.2, 0) is 0 Å². The van der Waals surface area contributed by atoms with Gasteiger partial charge in [-0.15, -0.1) is 0 Å². The fraction of sp³-hybridized carbons (Fsp3) is 0.625. The highest BCUT2D eigenvalue weighted by atomic mass is 35.5. The standard InChI is InChI=1S/C16H23ClF3NOS/c1-15(2,3)23-10-13(8-16(18,19)20)21-14(9-22)11-4-6-12(17)7-5-11/h4-7,13-14,21-22H,8-10H2,1-3H3. The van der Waals surface area contributed by atoms with Crippen LogP contribution in [0, 0.1) is 0 Å². The van der Waals surface area contributed by atoms with Crippen molar-refractivity contribution in [1.29, 1.82) is 0 Å². The number of thioether (sulfide) groups is 1. The molecule has 0 fully saturated rings. The number of rotatable bonds is 7. The first-order chi connectivity index (χ1) is 10.5. The van der Waals surface area contributed by atoms with E-state index in [1.165, 1.54) is 11.8 Å². The summed E-state index contributed by atoms with van der Waals surface area (Å²) in [6.07, 6.45) is -5.18. The zero-order chi connectivity index (χ0) is 17.7. The van der Waals surface area contributed by atoms with E-state index < -0.39 is 24.7 Å². The van der Waals surface area contributed by atoms with Gasteiger partial charge in [0.15, 0.2) is 0 Å². The van der Waals surface area contributed by atoms with Crippen LogP contribution in [0.5, 0.6) is 0 Å². The van der Waals surface area contributed by atoms with E-state index in [9.17, 15) is 18.3 Å². The molecular weight excluding hydrogens is 347 g/mol. The van der Waals surface area contributed by atoms with Crippen molar-refractivity contribution in [3.05, 3.63) is 34.9 Å². The van der Waals surface area contributed by atoms with E-state index in [4.69, 9.17) is 11.6 Å². The van der Waals surface area contributed by atoms with E-state index in [0.717, 1.165) is 0 Å². The van der Waals surface area contributed by atoms with Crippen LogP contribution in [0.15, 0.2) is 24.3 Å². The van der Waals surface area contributed by atoms with Crippen LogP contribution >= 0.6 is 23.4 Å². The Morgan fingerprint density at radius 1 is 1.17 bits per heavy atom. The molecule has 0 aliphatic rings. The molecule has 2 nitrogen and oxygen atoms in total. The fourth-order valence-corrected chi connectivity index (χ4v) is 3.07. The lowest BCUT2D eigenvalue weighted by atomic mass is 10.1. The molecule has 0 spiro atoms. The van der Waals surface area contributed by atoms with Crippen molar-refractivity contribution in [3.8, 4) is 0 Å². The molecule has 0 amide bonds. The largest absolute Gasteiger partial charge is 0.394 e. The van der Waals surface area contributed by atoms with Gasteiger partial charge in [0.05, 0.1) is 19.1 Å². The van der Waals surface area contributed by atoms with Gasteiger partial charge in [-0.05, 0) is 17.7 Å². The van der Waals surface area contributed by atoms with Gasteiger partial charge >= 0.3 is 6.18 Å². The van der Waals surface area contributed by atoms with Crippen molar-refractivity contribution in [2.24, 2.45) is 0 Å². The lowest BCUT2D eigenvalue weighted by Gasteiger charge is -2.28. The van der Waals surface area contributed by atoms with E-state index in [-0.39, 0.29) is 11.4 Å². The zero-order valence-corrected chi connectivity index (χ0v) is 15.0. The van der Waals surface area contributed by atoms with E-state index in [0.29, 0.717) is 16.3 Å². The van der Waals surface area contributed by atoms with Crippen molar-refractivity contribution >= 4 is 23.4 Å². The van der Waals surface area contributed by atoms with Crippen LogP contribution in [0.4, 0.5) is 13.2 Å². The van der Waals surface area contributed by atoms with E-state index in [2.05, 4.69) is 5.32 Å². The van der Waals surface area contributed by atoms with Gasteiger partial charge in [0, 0.05) is 21.6 Å². The number of hydrogen-bond donors (Lipinski definition) is 2. The number of aliphatic hydroxyl groups is 1. The second-order valence-corrected chi connectivity index (χ2v) is 8.68. The molecule has 1 aromatic carbocycles. The molecule has 0 aliphatic carbocycles. The number of alkyl halides is 3. The Kier molecular flexibility index (Phi) is 7.71. The second-order valence-electron chi connectivity index (χ2n) is 6.39. The summed E-state index contributed by atoms with van der Waals surface area (Å²) in [5.74, 6) is 0.313. The van der Waals surface area contributed by atoms with Gasteiger partial charge in [-0.25, -0.2) is 0 Å². The summed E-state index contributed by atoms with van der Waals surface area (Å²) in [6.45, 7) is 5.61. The van der Waals surface area contributed by atoms with Crippen LogP contribution in [0.3, 0.4) is 0 Å².